The highest BCUT2D eigenvalue weighted by Gasteiger charge is 2.25. The first kappa shape index (κ1) is 16.0. The van der Waals surface area contributed by atoms with E-state index in [1.165, 1.54) is 23.9 Å². The van der Waals surface area contributed by atoms with Gasteiger partial charge in [-0.1, -0.05) is 12.1 Å². The minimum atomic E-state index is -0.272. The summed E-state index contributed by atoms with van der Waals surface area (Å²) in [5.74, 6) is 0.202. The van der Waals surface area contributed by atoms with Crippen LogP contribution in [0.5, 0.6) is 0 Å². The van der Waals surface area contributed by atoms with Crippen LogP contribution in [-0.4, -0.2) is 41.2 Å². The van der Waals surface area contributed by atoms with E-state index in [2.05, 4.69) is 4.98 Å². The molecule has 1 fully saturated rings. The van der Waals surface area contributed by atoms with Crippen LogP contribution in [0, 0.1) is 5.82 Å². The zero-order valence-electron chi connectivity index (χ0n) is 12.5. The normalized spacial score (nSPS) is 18.0. The van der Waals surface area contributed by atoms with Crippen LogP contribution in [-0.2, 0) is 9.53 Å². The SMILES string of the molecule is O=C(CSc1ccncc1)N1CCO[C@@H](c2ccc(F)cc2)C1. The lowest BCUT2D eigenvalue weighted by Gasteiger charge is -2.33. The molecule has 6 heteroatoms. The standard InChI is InChI=1S/C17H17FN2O2S/c18-14-3-1-13(2-4-14)16-11-20(9-10-22-16)17(21)12-23-15-5-7-19-8-6-15/h1-8,16H,9-12H2/t16-/m1/s1. The van der Waals surface area contributed by atoms with Gasteiger partial charge in [0.1, 0.15) is 11.9 Å². The van der Waals surface area contributed by atoms with Crippen LogP contribution in [0.1, 0.15) is 11.7 Å². The highest BCUT2D eigenvalue weighted by Crippen LogP contribution is 2.24. The third-order valence-electron chi connectivity index (χ3n) is 3.67. The van der Waals surface area contributed by atoms with Crippen LogP contribution in [0.15, 0.2) is 53.7 Å². The fourth-order valence-electron chi connectivity index (χ4n) is 2.43. The second kappa shape index (κ2) is 7.57. The summed E-state index contributed by atoms with van der Waals surface area (Å²) in [5.41, 5.74) is 0.894. The van der Waals surface area contributed by atoms with Crippen molar-refractivity contribution in [2.45, 2.75) is 11.0 Å². The fourth-order valence-corrected chi connectivity index (χ4v) is 3.21. The Morgan fingerprint density at radius 2 is 2.00 bits per heavy atom. The van der Waals surface area contributed by atoms with E-state index in [9.17, 15) is 9.18 Å². The lowest BCUT2D eigenvalue weighted by molar-refractivity contribution is -0.136. The Bertz CT molecular complexity index is 651. The molecule has 4 nitrogen and oxygen atoms in total. The van der Waals surface area contributed by atoms with Gasteiger partial charge < -0.3 is 9.64 Å². The molecule has 3 rings (SSSR count). The smallest absolute Gasteiger partial charge is 0.233 e. The number of pyridine rings is 1. The van der Waals surface area contributed by atoms with Crippen molar-refractivity contribution < 1.29 is 13.9 Å². The van der Waals surface area contributed by atoms with Gasteiger partial charge in [0.25, 0.3) is 0 Å². The van der Waals surface area contributed by atoms with E-state index in [1.807, 2.05) is 17.0 Å². The molecule has 2 aromatic rings. The van der Waals surface area contributed by atoms with Crippen molar-refractivity contribution in [3.63, 3.8) is 0 Å². The van der Waals surface area contributed by atoms with Crippen LogP contribution in [0.25, 0.3) is 0 Å². The average Bonchev–Trinajstić information content (AvgIpc) is 2.61. The number of hydrogen-bond donors (Lipinski definition) is 0. The molecule has 0 spiro atoms. The van der Waals surface area contributed by atoms with Gasteiger partial charge in [-0.05, 0) is 29.8 Å². The molecular weight excluding hydrogens is 315 g/mol. The van der Waals surface area contributed by atoms with Crippen LogP contribution >= 0.6 is 11.8 Å². The summed E-state index contributed by atoms with van der Waals surface area (Å²) >= 11 is 1.50. The fraction of sp³-hybridized carbons (Fsp3) is 0.294. The lowest BCUT2D eigenvalue weighted by Crippen LogP contribution is -2.43. The summed E-state index contributed by atoms with van der Waals surface area (Å²) in [6, 6.07) is 10.0. The number of amides is 1. The third-order valence-corrected chi connectivity index (χ3v) is 4.67. The number of thioether (sulfide) groups is 1. The summed E-state index contributed by atoms with van der Waals surface area (Å²) in [7, 11) is 0. The predicted octanol–water partition coefficient (Wildman–Crippen LogP) is 2.91. The molecule has 23 heavy (non-hydrogen) atoms. The molecule has 0 bridgehead atoms. The highest BCUT2D eigenvalue weighted by atomic mass is 32.2. The van der Waals surface area contributed by atoms with Gasteiger partial charge in [0, 0.05) is 23.8 Å². The quantitative estimate of drug-likeness (QED) is 0.808. The molecule has 0 N–H and O–H groups in total. The summed E-state index contributed by atoms with van der Waals surface area (Å²) in [6.07, 6.45) is 3.23. The molecule has 1 saturated heterocycles. The van der Waals surface area contributed by atoms with Gasteiger partial charge in [-0.15, -0.1) is 11.8 Å². The highest BCUT2D eigenvalue weighted by molar-refractivity contribution is 8.00. The minimum Gasteiger partial charge on any atom is -0.370 e. The molecule has 1 atom stereocenters. The van der Waals surface area contributed by atoms with Crippen molar-refractivity contribution in [3.8, 4) is 0 Å². The van der Waals surface area contributed by atoms with Gasteiger partial charge in [0.2, 0.25) is 5.91 Å². The van der Waals surface area contributed by atoms with E-state index in [-0.39, 0.29) is 17.8 Å². The van der Waals surface area contributed by atoms with Gasteiger partial charge in [0.05, 0.1) is 18.9 Å². The number of ether oxygens (including phenoxy) is 1. The molecule has 0 aliphatic carbocycles. The number of benzene rings is 1. The minimum absolute atomic E-state index is 0.0854. The predicted molar refractivity (Wildman–Crippen MR) is 86.6 cm³/mol. The second-order valence-electron chi connectivity index (χ2n) is 5.22. The zero-order chi connectivity index (χ0) is 16.1. The van der Waals surface area contributed by atoms with Gasteiger partial charge in [-0.25, -0.2) is 4.39 Å². The molecule has 0 saturated carbocycles. The van der Waals surface area contributed by atoms with Gasteiger partial charge >= 0.3 is 0 Å². The van der Waals surface area contributed by atoms with Gasteiger partial charge in [-0.3, -0.25) is 9.78 Å². The Kier molecular flexibility index (Phi) is 5.25. The number of rotatable bonds is 4. The van der Waals surface area contributed by atoms with E-state index < -0.39 is 0 Å². The van der Waals surface area contributed by atoms with Gasteiger partial charge in [-0.2, -0.15) is 0 Å². The summed E-state index contributed by atoms with van der Waals surface area (Å²) in [5, 5.41) is 0. The van der Waals surface area contributed by atoms with E-state index in [0.717, 1.165) is 10.5 Å². The number of hydrogen-bond acceptors (Lipinski definition) is 4. The Hall–Kier alpha value is -1.92. The first-order valence-electron chi connectivity index (χ1n) is 7.40. The van der Waals surface area contributed by atoms with Crippen molar-refractivity contribution in [3.05, 3.63) is 60.2 Å². The molecule has 2 heterocycles. The number of carbonyl (C=O) groups excluding carboxylic acids is 1. The van der Waals surface area contributed by atoms with E-state index in [4.69, 9.17) is 4.74 Å². The van der Waals surface area contributed by atoms with E-state index >= 15 is 0 Å². The first-order valence-corrected chi connectivity index (χ1v) is 8.38. The van der Waals surface area contributed by atoms with Gasteiger partial charge in [0.15, 0.2) is 0 Å². The van der Waals surface area contributed by atoms with Crippen molar-refractivity contribution in [2.75, 3.05) is 25.4 Å². The van der Waals surface area contributed by atoms with E-state index in [1.54, 1.807) is 24.5 Å². The lowest BCUT2D eigenvalue weighted by atomic mass is 10.1. The third kappa shape index (κ3) is 4.30. The first-order chi connectivity index (χ1) is 11.2. The largest absolute Gasteiger partial charge is 0.370 e. The zero-order valence-corrected chi connectivity index (χ0v) is 13.3. The topological polar surface area (TPSA) is 42.4 Å². The average molecular weight is 332 g/mol. The maximum absolute atomic E-state index is 13.0. The number of morpholine rings is 1. The monoisotopic (exact) mass is 332 g/mol. The molecule has 1 aromatic heterocycles. The van der Waals surface area contributed by atoms with E-state index in [0.29, 0.717) is 25.4 Å². The maximum atomic E-state index is 13.0. The van der Waals surface area contributed by atoms with Crippen LogP contribution < -0.4 is 0 Å². The molecule has 1 aliphatic rings. The Balaban J connectivity index is 1.57. The number of aromatic nitrogens is 1. The summed E-state index contributed by atoms with van der Waals surface area (Å²) in [6.45, 7) is 1.59. The molecule has 120 valence electrons. The second-order valence-corrected chi connectivity index (χ2v) is 6.27. The summed E-state index contributed by atoms with van der Waals surface area (Å²) in [4.78, 5) is 19.2. The Morgan fingerprint density at radius 3 is 2.74 bits per heavy atom. The van der Waals surface area contributed by atoms with Crippen LogP contribution in [0.2, 0.25) is 0 Å². The van der Waals surface area contributed by atoms with Crippen molar-refractivity contribution in [1.82, 2.24) is 9.88 Å². The van der Waals surface area contributed by atoms with Crippen LogP contribution in [0.3, 0.4) is 0 Å². The summed E-state index contributed by atoms with van der Waals surface area (Å²) < 4.78 is 18.7. The molecule has 1 amide bonds. The molecule has 0 radical (unpaired) electrons. The molecular formula is C17H17FN2O2S. The number of carbonyl (C=O) groups is 1. The van der Waals surface area contributed by atoms with Crippen LogP contribution in [0.4, 0.5) is 4.39 Å². The van der Waals surface area contributed by atoms with Crippen molar-refractivity contribution >= 4 is 17.7 Å². The molecule has 0 unspecified atom stereocenters. The maximum Gasteiger partial charge on any atom is 0.233 e. The number of nitrogens with zero attached hydrogens (tertiary/aromatic N) is 2. The number of halogens is 1. The Labute approximate surface area is 138 Å². The molecule has 1 aromatic carbocycles. The molecule has 1 aliphatic heterocycles. The Morgan fingerprint density at radius 1 is 1.26 bits per heavy atom. The van der Waals surface area contributed by atoms with Crippen molar-refractivity contribution in [1.29, 1.82) is 0 Å². The van der Waals surface area contributed by atoms with Crippen molar-refractivity contribution in [2.24, 2.45) is 0 Å².